The van der Waals surface area contributed by atoms with Crippen LogP contribution in [0.1, 0.15) is 44.7 Å². The molecule has 9 heteroatoms. The van der Waals surface area contributed by atoms with Crippen LogP contribution in [-0.2, 0) is 15.6 Å². The lowest BCUT2D eigenvalue weighted by Crippen LogP contribution is -2.43. The molecule has 1 aliphatic heterocycles. The molecule has 0 amide bonds. The molecule has 1 fully saturated rings. The zero-order valence-corrected chi connectivity index (χ0v) is 17.6. The Morgan fingerprint density at radius 2 is 1.87 bits per heavy atom. The van der Waals surface area contributed by atoms with E-state index >= 15 is 0 Å². The molecule has 0 bridgehead atoms. The third-order valence-electron chi connectivity index (χ3n) is 6.22. The molecule has 0 atom stereocenters. The van der Waals surface area contributed by atoms with Crippen molar-refractivity contribution in [1.82, 2.24) is 14.5 Å². The Kier molecular flexibility index (Phi) is 4.41. The Hall–Kier alpha value is -2.78. The van der Waals surface area contributed by atoms with E-state index in [-0.39, 0.29) is 10.4 Å². The van der Waals surface area contributed by atoms with Crippen molar-refractivity contribution in [2.45, 2.75) is 49.5 Å². The lowest BCUT2D eigenvalue weighted by Gasteiger charge is -2.41. The number of sulfonamides is 1. The second kappa shape index (κ2) is 6.88. The molecule has 0 radical (unpaired) electrons. The van der Waals surface area contributed by atoms with Gasteiger partial charge in [0, 0.05) is 17.3 Å². The Bertz CT molecular complexity index is 1250. The van der Waals surface area contributed by atoms with E-state index in [4.69, 9.17) is 15.1 Å². The minimum absolute atomic E-state index is 0.00238. The Morgan fingerprint density at radius 3 is 2.57 bits per heavy atom. The maximum atomic E-state index is 11.4. The number of primary sulfonamides is 1. The molecule has 1 aliphatic carbocycles. The van der Waals surface area contributed by atoms with Crippen molar-refractivity contribution in [2.75, 3.05) is 11.9 Å². The maximum Gasteiger partial charge on any atom is 0.238 e. The van der Waals surface area contributed by atoms with Gasteiger partial charge in [-0.1, -0.05) is 19.3 Å². The molecule has 3 N–H and O–H groups in total. The third kappa shape index (κ3) is 3.18. The number of hydrogen-bond acceptors (Lipinski definition) is 6. The van der Waals surface area contributed by atoms with Gasteiger partial charge in [-0.2, -0.15) is 4.98 Å². The summed E-state index contributed by atoms with van der Waals surface area (Å²) >= 11 is 0. The zero-order chi connectivity index (χ0) is 20.9. The minimum atomic E-state index is -3.72. The van der Waals surface area contributed by atoms with E-state index in [1.165, 1.54) is 31.4 Å². The molecule has 2 aliphatic rings. The van der Waals surface area contributed by atoms with Gasteiger partial charge in [-0.3, -0.25) is 4.99 Å². The number of aromatic nitrogens is 3. The highest BCUT2D eigenvalue weighted by atomic mass is 32.2. The van der Waals surface area contributed by atoms with Crippen LogP contribution >= 0.6 is 0 Å². The highest BCUT2D eigenvalue weighted by molar-refractivity contribution is 7.89. The van der Waals surface area contributed by atoms with E-state index in [1.54, 1.807) is 12.1 Å². The van der Waals surface area contributed by atoms with Gasteiger partial charge in [-0.25, -0.2) is 18.5 Å². The molecule has 3 aromatic rings. The first kappa shape index (κ1) is 19.2. The topological polar surface area (TPSA) is 115 Å². The largest absolute Gasteiger partial charge is 0.324 e. The number of nitrogens with one attached hydrogen (secondary N) is 1. The summed E-state index contributed by atoms with van der Waals surface area (Å²) in [6, 6.07) is 8.37. The summed E-state index contributed by atoms with van der Waals surface area (Å²) < 4.78 is 25.3. The van der Waals surface area contributed by atoms with Crippen LogP contribution in [0.5, 0.6) is 0 Å². The summed E-state index contributed by atoms with van der Waals surface area (Å²) in [6.07, 6.45) is 7.75. The number of anilines is 2. The first-order valence-electron chi connectivity index (χ1n) is 10.2. The Morgan fingerprint density at radius 1 is 1.13 bits per heavy atom. The number of fused-ring (bicyclic) bond motifs is 4. The van der Waals surface area contributed by atoms with Gasteiger partial charge in [0.05, 0.1) is 28.4 Å². The van der Waals surface area contributed by atoms with Crippen molar-refractivity contribution in [2.24, 2.45) is 10.1 Å². The first-order valence-corrected chi connectivity index (χ1v) is 11.7. The Balaban J connectivity index is 1.55. The fourth-order valence-electron chi connectivity index (χ4n) is 4.66. The molecule has 156 valence electrons. The quantitative estimate of drug-likeness (QED) is 0.669. The SMILES string of the molecule is CC1=NCC2(CCCCC2)n2c1cc1cnc(Nc3ccc(S(N)(=O)=O)cc3)nc12. The minimum Gasteiger partial charge on any atom is -0.324 e. The number of aliphatic imine (C=N–C) groups is 1. The molecule has 1 saturated carbocycles. The molecule has 2 aromatic heterocycles. The van der Waals surface area contributed by atoms with Crippen molar-refractivity contribution < 1.29 is 8.42 Å². The van der Waals surface area contributed by atoms with Crippen molar-refractivity contribution in [1.29, 1.82) is 0 Å². The van der Waals surface area contributed by atoms with E-state index in [0.717, 1.165) is 41.8 Å². The van der Waals surface area contributed by atoms with Crippen LogP contribution in [0, 0.1) is 0 Å². The van der Waals surface area contributed by atoms with Crippen LogP contribution in [0.25, 0.3) is 11.0 Å². The van der Waals surface area contributed by atoms with Crippen molar-refractivity contribution in [3.05, 3.63) is 42.2 Å². The molecule has 0 saturated heterocycles. The van der Waals surface area contributed by atoms with Crippen LogP contribution in [0.2, 0.25) is 0 Å². The summed E-state index contributed by atoms with van der Waals surface area (Å²) in [6.45, 7) is 2.86. The molecule has 5 rings (SSSR count). The molecule has 8 nitrogen and oxygen atoms in total. The average molecular weight is 425 g/mol. The van der Waals surface area contributed by atoms with Gasteiger partial charge in [0.1, 0.15) is 5.65 Å². The van der Waals surface area contributed by atoms with E-state index in [9.17, 15) is 8.42 Å². The van der Waals surface area contributed by atoms with Crippen LogP contribution in [0.4, 0.5) is 11.6 Å². The van der Waals surface area contributed by atoms with Crippen LogP contribution in [-0.4, -0.2) is 35.2 Å². The fourth-order valence-corrected chi connectivity index (χ4v) is 5.18. The second-order valence-corrected chi connectivity index (χ2v) is 9.78. The summed E-state index contributed by atoms with van der Waals surface area (Å²) in [5, 5.41) is 9.34. The predicted octanol–water partition coefficient (Wildman–Crippen LogP) is 3.30. The van der Waals surface area contributed by atoms with Crippen molar-refractivity contribution in [3.8, 4) is 0 Å². The van der Waals surface area contributed by atoms with Gasteiger partial charge in [0.15, 0.2) is 0 Å². The van der Waals surface area contributed by atoms with Gasteiger partial charge < -0.3 is 9.88 Å². The number of nitrogens with zero attached hydrogens (tertiary/aromatic N) is 4. The lowest BCUT2D eigenvalue weighted by molar-refractivity contribution is 0.203. The fraction of sp³-hybridized carbons (Fsp3) is 0.381. The smallest absolute Gasteiger partial charge is 0.238 e. The predicted molar refractivity (Wildman–Crippen MR) is 117 cm³/mol. The molecule has 3 heterocycles. The second-order valence-electron chi connectivity index (χ2n) is 8.22. The summed E-state index contributed by atoms with van der Waals surface area (Å²) in [4.78, 5) is 14.2. The molecule has 1 aromatic carbocycles. The monoisotopic (exact) mass is 424 g/mol. The van der Waals surface area contributed by atoms with E-state index < -0.39 is 10.0 Å². The summed E-state index contributed by atoms with van der Waals surface area (Å²) in [5.41, 5.74) is 3.77. The van der Waals surface area contributed by atoms with Crippen LogP contribution < -0.4 is 10.5 Å². The highest BCUT2D eigenvalue weighted by Crippen LogP contribution is 2.41. The standard InChI is InChI=1S/C21H24N6O2S/c1-14-18-11-15-12-23-20(25-16-5-7-17(8-6-16)30(22,28)29)26-19(15)27(18)21(13-24-14)9-3-2-4-10-21/h5-8,11-12H,2-4,9-10,13H2,1H3,(H2,22,28,29)(H,23,25,26). The number of rotatable bonds is 3. The lowest BCUT2D eigenvalue weighted by atomic mass is 9.80. The van der Waals surface area contributed by atoms with Gasteiger partial charge in [0.2, 0.25) is 16.0 Å². The highest BCUT2D eigenvalue weighted by Gasteiger charge is 2.39. The normalized spacial score (nSPS) is 18.3. The Labute approximate surface area is 175 Å². The van der Waals surface area contributed by atoms with Gasteiger partial charge in [-0.15, -0.1) is 0 Å². The molecule has 0 unspecified atom stereocenters. The zero-order valence-electron chi connectivity index (χ0n) is 16.8. The van der Waals surface area contributed by atoms with E-state index in [1.807, 2.05) is 6.20 Å². The third-order valence-corrected chi connectivity index (χ3v) is 7.15. The van der Waals surface area contributed by atoms with Crippen molar-refractivity contribution >= 4 is 38.4 Å². The van der Waals surface area contributed by atoms with Crippen molar-refractivity contribution in [3.63, 3.8) is 0 Å². The van der Waals surface area contributed by atoms with Gasteiger partial charge >= 0.3 is 0 Å². The molecule has 30 heavy (non-hydrogen) atoms. The molecular weight excluding hydrogens is 400 g/mol. The number of nitrogens with two attached hydrogens (primary N) is 1. The van der Waals surface area contributed by atoms with Crippen LogP contribution in [0.3, 0.4) is 0 Å². The van der Waals surface area contributed by atoms with Gasteiger partial charge in [-0.05, 0) is 50.1 Å². The molecular formula is C21H24N6O2S. The first-order chi connectivity index (χ1) is 14.4. The summed E-state index contributed by atoms with van der Waals surface area (Å²) in [5.74, 6) is 0.470. The van der Waals surface area contributed by atoms with Crippen LogP contribution in [0.15, 0.2) is 46.4 Å². The number of benzene rings is 1. The molecule has 1 spiro atoms. The average Bonchev–Trinajstić information content (AvgIpc) is 3.12. The van der Waals surface area contributed by atoms with E-state index in [0.29, 0.717) is 11.6 Å². The number of hydrogen-bond donors (Lipinski definition) is 2. The van der Waals surface area contributed by atoms with Gasteiger partial charge in [0.25, 0.3) is 0 Å². The maximum absolute atomic E-state index is 11.4. The van der Waals surface area contributed by atoms with E-state index in [2.05, 4.69) is 27.9 Å². The summed E-state index contributed by atoms with van der Waals surface area (Å²) in [7, 11) is -3.72.